The van der Waals surface area contributed by atoms with Crippen LogP contribution in [0.3, 0.4) is 0 Å². The lowest BCUT2D eigenvalue weighted by Crippen LogP contribution is -2.32. The van der Waals surface area contributed by atoms with Gasteiger partial charge >= 0.3 is 5.97 Å². The zero-order valence-corrected chi connectivity index (χ0v) is 12.8. The number of fused-ring (bicyclic) bond motifs is 1. The van der Waals surface area contributed by atoms with Crippen molar-refractivity contribution in [3.8, 4) is 0 Å². The molecule has 3 rings (SSSR count). The molecule has 1 aromatic heterocycles. The number of rotatable bonds is 4. The van der Waals surface area contributed by atoms with Crippen molar-refractivity contribution >= 4 is 16.9 Å². The third-order valence-corrected chi connectivity index (χ3v) is 4.87. The monoisotopic (exact) mass is 300 g/mol. The van der Waals surface area contributed by atoms with Gasteiger partial charge in [0.1, 0.15) is 6.04 Å². The molecule has 0 unspecified atom stereocenters. The molecule has 4 heteroatoms. The van der Waals surface area contributed by atoms with E-state index in [1.165, 1.54) is 49.5 Å². The Kier molecular flexibility index (Phi) is 4.48. The summed E-state index contributed by atoms with van der Waals surface area (Å²) < 4.78 is 0. The number of hydrogen-bond acceptors (Lipinski definition) is 2. The van der Waals surface area contributed by atoms with Gasteiger partial charge in [0.25, 0.3) is 0 Å². The molecule has 1 atom stereocenters. The first-order chi connectivity index (χ1) is 10.7. The van der Waals surface area contributed by atoms with Crippen LogP contribution in [-0.4, -0.2) is 22.1 Å². The van der Waals surface area contributed by atoms with Crippen LogP contribution in [0.25, 0.3) is 10.9 Å². The summed E-state index contributed by atoms with van der Waals surface area (Å²) in [5.41, 5.74) is 9.23. The third-order valence-electron chi connectivity index (χ3n) is 4.87. The van der Waals surface area contributed by atoms with E-state index < -0.39 is 12.0 Å². The molecule has 1 aliphatic carbocycles. The zero-order valence-electron chi connectivity index (χ0n) is 12.8. The molecule has 1 fully saturated rings. The van der Waals surface area contributed by atoms with Gasteiger partial charge < -0.3 is 15.8 Å². The lowest BCUT2D eigenvalue weighted by Gasteiger charge is -2.17. The average Bonchev–Trinajstić information content (AvgIpc) is 2.74. The lowest BCUT2D eigenvalue weighted by molar-refractivity contribution is -0.138. The van der Waals surface area contributed by atoms with Crippen LogP contribution in [-0.2, 0) is 11.2 Å². The number of benzene rings is 1. The first-order valence-corrected chi connectivity index (χ1v) is 8.24. The molecule has 0 radical (unpaired) electrons. The van der Waals surface area contributed by atoms with E-state index in [9.17, 15) is 4.79 Å². The molecular formula is C18H24N2O2. The Morgan fingerprint density at radius 3 is 2.68 bits per heavy atom. The minimum atomic E-state index is -0.943. The molecule has 1 saturated carbocycles. The molecular weight excluding hydrogens is 276 g/mol. The number of aromatic nitrogens is 1. The Hall–Kier alpha value is -1.81. The van der Waals surface area contributed by atoms with E-state index in [0.717, 1.165) is 11.1 Å². The standard InChI is InChI=1S/C18H24N2O2/c19-15(18(21)22)10-13-11-20-16-9-5-8-14(17(13)16)12-6-3-1-2-4-7-12/h5,8-9,11-12,15,20H,1-4,6-7,10,19H2,(H,21,22)/t15-/m0/s1. The van der Waals surface area contributed by atoms with Crippen LogP contribution in [0.2, 0.25) is 0 Å². The number of carboxylic acid groups (broad SMARTS) is 1. The predicted octanol–water partition coefficient (Wildman–Crippen LogP) is 3.56. The fraction of sp³-hybridized carbons (Fsp3) is 0.500. The first kappa shape index (κ1) is 15.1. The van der Waals surface area contributed by atoms with Gasteiger partial charge in [-0.25, -0.2) is 0 Å². The Morgan fingerprint density at radius 2 is 2.00 bits per heavy atom. The Labute approximate surface area is 130 Å². The first-order valence-electron chi connectivity index (χ1n) is 8.24. The zero-order chi connectivity index (χ0) is 15.5. The van der Waals surface area contributed by atoms with Crippen molar-refractivity contribution in [1.29, 1.82) is 0 Å². The van der Waals surface area contributed by atoms with Gasteiger partial charge in [0.05, 0.1) is 0 Å². The number of H-pyrrole nitrogens is 1. The fourth-order valence-electron chi connectivity index (χ4n) is 3.70. The maximum absolute atomic E-state index is 11.1. The minimum absolute atomic E-state index is 0.374. The molecule has 22 heavy (non-hydrogen) atoms. The second kappa shape index (κ2) is 6.53. The van der Waals surface area contributed by atoms with Crippen molar-refractivity contribution in [2.45, 2.75) is 56.9 Å². The molecule has 0 spiro atoms. The van der Waals surface area contributed by atoms with Gasteiger partial charge in [-0.05, 0) is 36.0 Å². The average molecular weight is 300 g/mol. The third kappa shape index (κ3) is 3.02. The molecule has 1 aromatic carbocycles. The smallest absolute Gasteiger partial charge is 0.320 e. The largest absolute Gasteiger partial charge is 0.480 e. The van der Waals surface area contributed by atoms with Crippen molar-refractivity contribution in [1.82, 2.24) is 4.98 Å². The minimum Gasteiger partial charge on any atom is -0.480 e. The predicted molar refractivity (Wildman–Crippen MR) is 88.1 cm³/mol. The van der Waals surface area contributed by atoms with E-state index in [2.05, 4.69) is 23.2 Å². The van der Waals surface area contributed by atoms with E-state index in [1.54, 1.807) is 0 Å². The SMILES string of the molecule is N[C@@H](Cc1c[nH]c2cccc(C3CCCCCC3)c12)C(=O)O. The van der Waals surface area contributed by atoms with Gasteiger partial charge in [-0.2, -0.15) is 0 Å². The molecule has 118 valence electrons. The van der Waals surface area contributed by atoms with E-state index >= 15 is 0 Å². The molecule has 0 bridgehead atoms. The summed E-state index contributed by atoms with van der Waals surface area (Å²) in [5, 5.41) is 10.3. The van der Waals surface area contributed by atoms with Gasteiger partial charge in [0.2, 0.25) is 0 Å². The summed E-state index contributed by atoms with van der Waals surface area (Å²) in [4.78, 5) is 14.3. The van der Waals surface area contributed by atoms with Crippen molar-refractivity contribution in [2.24, 2.45) is 5.73 Å². The molecule has 4 nitrogen and oxygen atoms in total. The van der Waals surface area contributed by atoms with Gasteiger partial charge in [-0.1, -0.05) is 37.8 Å². The molecule has 4 N–H and O–H groups in total. The highest BCUT2D eigenvalue weighted by molar-refractivity contribution is 5.88. The summed E-state index contributed by atoms with van der Waals surface area (Å²) in [5.74, 6) is -0.358. The lowest BCUT2D eigenvalue weighted by atomic mass is 9.87. The van der Waals surface area contributed by atoms with Crippen molar-refractivity contribution in [3.05, 3.63) is 35.5 Å². The normalized spacial score (nSPS) is 18.2. The molecule has 1 aliphatic rings. The highest BCUT2D eigenvalue weighted by atomic mass is 16.4. The maximum atomic E-state index is 11.1. The summed E-state index contributed by atoms with van der Waals surface area (Å²) in [6.07, 6.45) is 9.99. The Balaban J connectivity index is 1.98. The van der Waals surface area contributed by atoms with Crippen LogP contribution >= 0.6 is 0 Å². The van der Waals surface area contributed by atoms with Crippen LogP contribution in [0.5, 0.6) is 0 Å². The maximum Gasteiger partial charge on any atom is 0.320 e. The summed E-state index contributed by atoms with van der Waals surface area (Å²) in [6, 6.07) is 5.52. The Bertz CT molecular complexity index is 654. The topological polar surface area (TPSA) is 79.1 Å². The molecule has 2 aromatic rings. The van der Waals surface area contributed by atoms with Crippen LogP contribution in [0.1, 0.15) is 55.6 Å². The van der Waals surface area contributed by atoms with Crippen LogP contribution in [0.4, 0.5) is 0 Å². The fourth-order valence-corrected chi connectivity index (χ4v) is 3.70. The number of hydrogen-bond donors (Lipinski definition) is 3. The molecule has 0 aliphatic heterocycles. The number of carboxylic acids is 1. The van der Waals surface area contributed by atoms with Crippen molar-refractivity contribution in [2.75, 3.05) is 0 Å². The highest BCUT2D eigenvalue weighted by Gasteiger charge is 2.21. The number of nitrogens with one attached hydrogen (secondary N) is 1. The second-order valence-corrected chi connectivity index (χ2v) is 6.42. The van der Waals surface area contributed by atoms with E-state index in [0.29, 0.717) is 12.3 Å². The number of aliphatic carboxylic acids is 1. The molecule has 0 saturated heterocycles. The van der Waals surface area contributed by atoms with Crippen molar-refractivity contribution < 1.29 is 9.90 Å². The quantitative estimate of drug-likeness (QED) is 0.755. The Morgan fingerprint density at radius 1 is 1.27 bits per heavy atom. The van der Waals surface area contributed by atoms with Crippen molar-refractivity contribution in [3.63, 3.8) is 0 Å². The summed E-state index contributed by atoms with van der Waals surface area (Å²) in [6.45, 7) is 0. The van der Waals surface area contributed by atoms with Gasteiger partial charge in [0, 0.05) is 23.5 Å². The van der Waals surface area contributed by atoms with E-state index in [-0.39, 0.29) is 0 Å². The number of aromatic amines is 1. The van der Waals surface area contributed by atoms with Crippen LogP contribution in [0.15, 0.2) is 24.4 Å². The van der Waals surface area contributed by atoms with E-state index in [1.807, 2.05) is 6.20 Å². The highest BCUT2D eigenvalue weighted by Crippen LogP contribution is 2.36. The van der Waals surface area contributed by atoms with Crippen LogP contribution < -0.4 is 5.73 Å². The van der Waals surface area contributed by atoms with Gasteiger partial charge in [-0.3, -0.25) is 4.79 Å². The molecule has 0 amide bonds. The summed E-state index contributed by atoms with van der Waals surface area (Å²) in [7, 11) is 0. The number of nitrogens with two attached hydrogens (primary N) is 1. The number of carbonyl (C=O) groups is 1. The van der Waals surface area contributed by atoms with Crippen LogP contribution in [0, 0.1) is 0 Å². The molecule has 1 heterocycles. The second-order valence-electron chi connectivity index (χ2n) is 6.42. The summed E-state index contributed by atoms with van der Waals surface area (Å²) >= 11 is 0. The van der Waals surface area contributed by atoms with Gasteiger partial charge in [0.15, 0.2) is 0 Å². The van der Waals surface area contributed by atoms with Gasteiger partial charge in [-0.15, -0.1) is 0 Å². The van der Waals surface area contributed by atoms with E-state index in [4.69, 9.17) is 10.8 Å².